The van der Waals surface area contributed by atoms with Crippen molar-refractivity contribution in [2.45, 2.75) is 13.8 Å². The lowest BCUT2D eigenvalue weighted by Crippen LogP contribution is -1.94. The van der Waals surface area contributed by atoms with Crippen molar-refractivity contribution in [2.24, 2.45) is 0 Å². The highest BCUT2D eigenvalue weighted by Gasteiger charge is 2.03. The molecule has 0 bridgehead atoms. The molecule has 18 heavy (non-hydrogen) atoms. The second-order valence-electron chi connectivity index (χ2n) is 4.09. The highest BCUT2D eigenvalue weighted by molar-refractivity contribution is 9.10. The molecule has 0 amide bonds. The van der Waals surface area contributed by atoms with Gasteiger partial charge in [-0.25, -0.2) is 4.98 Å². The Hall–Kier alpha value is -1.86. The fourth-order valence-corrected chi connectivity index (χ4v) is 1.95. The Morgan fingerprint density at radius 2 is 1.83 bits per heavy atom. The number of nitriles is 1. The highest BCUT2D eigenvalue weighted by atomic mass is 79.9. The summed E-state index contributed by atoms with van der Waals surface area (Å²) in [6, 6.07) is 9.67. The minimum Gasteiger partial charge on any atom is -0.354 e. The van der Waals surface area contributed by atoms with Crippen LogP contribution < -0.4 is 5.32 Å². The van der Waals surface area contributed by atoms with Gasteiger partial charge in [-0.2, -0.15) is 5.26 Å². The zero-order valence-electron chi connectivity index (χ0n) is 10.2. The van der Waals surface area contributed by atoms with Crippen molar-refractivity contribution in [3.8, 4) is 6.07 Å². The Morgan fingerprint density at radius 3 is 2.33 bits per heavy atom. The third kappa shape index (κ3) is 2.69. The molecule has 3 nitrogen and oxygen atoms in total. The van der Waals surface area contributed by atoms with E-state index in [9.17, 15) is 0 Å². The number of hydrogen-bond acceptors (Lipinski definition) is 3. The predicted octanol–water partition coefficient (Wildman–Crippen LogP) is 4.08. The van der Waals surface area contributed by atoms with Crippen molar-refractivity contribution < 1.29 is 0 Å². The van der Waals surface area contributed by atoms with Gasteiger partial charge in [0.15, 0.2) is 0 Å². The van der Waals surface area contributed by atoms with E-state index in [1.54, 1.807) is 12.3 Å². The van der Waals surface area contributed by atoms with Gasteiger partial charge in [0.1, 0.15) is 11.8 Å². The lowest BCUT2D eigenvalue weighted by atomic mass is 10.1. The summed E-state index contributed by atoms with van der Waals surface area (Å²) >= 11 is 3.54. The van der Waals surface area contributed by atoms with Crippen LogP contribution in [-0.2, 0) is 0 Å². The summed E-state index contributed by atoms with van der Waals surface area (Å²) in [5.74, 6) is 0. The maximum Gasteiger partial charge on any atom is 0.140 e. The molecule has 0 saturated heterocycles. The van der Waals surface area contributed by atoms with E-state index in [1.165, 1.54) is 11.1 Å². The van der Waals surface area contributed by atoms with Crippen LogP contribution in [0.4, 0.5) is 11.4 Å². The number of nitrogens with one attached hydrogen (secondary N) is 1. The van der Waals surface area contributed by atoms with Crippen LogP contribution in [0.25, 0.3) is 0 Å². The molecule has 0 saturated carbocycles. The molecule has 2 rings (SSSR count). The average molecular weight is 302 g/mol. The van der Waals surface area contributed by atoms with E-state index in [-0.39, 0.29) is 0 Å². The van der Waals surface area contributed by atoms with E-state index in [0.717, 1.165) is 15.8 Å². The smallest absolute Gasteiger partial charge is 0.140 e. The maximum atomic E-state index is 8.68. The molecule has 1 aromatic carbocycles. The van der Waals surface area contributed by atoms with Gasteiger partial charge in [0.05, 0.1) is 11.9 Å². The van der Waals surface area contributed by atoms with Gasteiger partial charge in [-0.05, 0) is 49.2 Å². The molecule has 1 heterocycles. The quantitative estimate of drug-likeness (QED) is 0.909. The first-order valence-electron chi connectivity index (χ1n) is 5.50. The Bertz CT molecular complexity index is 589. The SMILES string of the molecule is Cc1cc(Nc2ccc(C#N)nc2)cc(C)c1Br. The van der Waals surface area contributed by atoms with Gasteiger partial charge in [0, 0.05) is 10.2 Å². The third-order valence-electron chi connectivity index (χ3n) is 2.60. The van der Waals surface area contributed by atoms with Crippen molar-refractivity contribution in [3.05, 3.63) is 51.8 Å². The van der Waals surface area contributed by atoms with E-state index in [2.05, 4.69) is 52.2 Å². The Morgan fingerprint density at radius 1 is 1.17 bits per heavy atom. The second kappa shape index (κ2) is 5.19. The van der Waals surface area contributed by atoms with Crippen LogP contribution in [0.1, 0.15) is 16.8 Å². The van der Waals surface area contributed by atoms with Crippen molar-refractivity contribution in [3.63, 3.8) is 0 Å². The number of anilines is 2. The fourth-order valence-electron chi connectivity index (χ4n) is 1.72. The van der Waals surface area contributed by atoms with Crippen molar-refractivity contribution in [2.75, 3.05) is 5.32 Å². The molecule has 2 aromatic rings. The Labute approximate surface area is 115 Å². The molecule has 4 heteroatoms. The fraction of sp³-hybridized carbons (Fsp3) is 0.143. The summed E-state index contributed by atoms with van der Waals surface area (Å²) in [7, 11) is 0. The van der Waals surface area contributed by atoms with Crippen LogP contribution in [0.5, 0.6) is 0 Å². The van der Waals surface area contributed by atoms with Gasteiger partial charge >= 0.3 is 0 Å². The number of aromatic nitrogens is 1. The van der Waals surface area contributed by atoms with Crippen molar-refractivity contribution >= 4 is 27.3 Å². The number of halogens is 1. The molecule has 0 aliphatic heterocycles. The van der Waals surface area contributed by atoms with Crippen LogP contribution in [-0.4, -0.2) is 4.98 Å². The number of aryl methyl sites for hydroxylation is 2. The molecule has 1 aromatic heterocycles. The second-order valence-corrected chi connectivity index (χ2v) is 4.89. The summed E-state index contributed by atoms with van der Waals surface area (Å²) in [6.07, 6.45) is 1.66. The third-order valence-corrected chi connectivity index (χ3v) is 3.85. The van der Waals surface area contributed by atoms with Gasteiger partial charge in [0.25, 0.3) is 0 Å². The normalized spacial score (nSPS) is 9.89. The van der Waals surface area contributed by atoms with E-state index in [0.29, 0.717) is 5.69 Å². The molecule has 0 aliphatic carbocycles. The first kappa shape index (κ1) is 12.6. The van der Waals surface area contributed by atoms with Crippen molar-refractivity contribution in [1.29, 1.82) is 5.26 Å². The molecule has 0 unspecified atom stereocenters. The van der Waals surface area contributed by atoms with Crippen LogP contribution in [0.15, 0.2) is 34.9 Å². The van der Waals surface area contributed by atoms with Crippen LogP contribution in [0, 0.1) is 25.2 Å². The molecule has 0 aliphatic rings. The van der Waals surface area contributed by atoms with Crippen LogP contribution in [0.3, 0.4) is 0 Å². The Balaban J connectivity index is 2.26. The standard InChI is InChI=1S/C14H12BrN3/c1-9-5-13(6-10(2)14(9)15)18-12-4-3-11(7-16)17-8-12/h3-6,8,18H,1-2H3. The van der Waals surface area contributed by atoms with Crippen LogP contribution >= 0.6 is 15.9 Å². The average Bonchev–Trinajstić information content (AvgIpc) is 2.37. The van der Waals surface area contributed by atoms with E-state index >= 15 is 0 Å². The number of pyridine rings is 1. The molecule has 0 radical (unpaired) electrons. The van der Waals surface area contributed by atoms with Gasteiger partial charge < -0.3 is 5.32 Å². The first-order valence-corrected chi connectivity index (χ1v) is 6.29. The van der Waals surface area contributed by atoms with Crippen LogP contribution in [0.2, 0.25) is 0 Å². The van der Waals surface area contributed by atoms with Gasteiger partial charge in [-0.15, -0.1) is 0 Å². The molecule has 0 fully saturated rings. The monoisotopic (exact) mass is 301 g/mol. The number of benzene rings is 1. The Kier molecular flexibility index (Phi) is 3.63. The van der Waals surface area contributed by atoms with Gasteiger partial charge in [0.2, 0.25) is 0 Å². The minimum absolute atomic E-state index is 0.420. The summed E-state index contributed by atoms with van der Waals surface area (Å²) in [5.41, 5.74) is 4.66. The number of nitrogens with zero attached hydrogens (tertiary/aromatic N) is 2. The van der Waals surface area contributed by atoms with Gasteiger partial charge in [-0.1, -0.05) is 15.9 Å². The molecular formula is C14H12BrN3. The lowest BCUT2D eigenvalue weighted by Gasteiger charge is -2.10. The minimum atomic E-state index is 0.420. The van der Waals surface area contributed by atoms with Gasteiger partial charge in [-0.3, -0.25) is 0 Å². The number of hydrogen-bond donors (Lipinski definition) is 1. The molecule has 0 atom stereocenters. The zero-order chi connectivity index (χ0) is 13.1. The first-order chi connectivity index (χ1) is 8.60. The predicted molar refractivity (Wildman–Crippen MR) is 75.9 cm³/mol. The summed E-state index contributed by atoms with van der Waals surface area (Å²) in [5, 5.41) is 12.0. The largest absolute Gasteiger partial charge is 0.354 e. The molecule has 90 valence electrons. The van der Waals surface area contributed by atoms with E-state index in [1.807, 2.05) is 12.1 Å². The molecule has 1 N–H and O–H groups in total. The topological polar surface area (TPSA) is 48.7 Å². The van der Waals surface area contributed by atoms with E-state index < -0.39 is 0 Å². The number of rotatable bonds is 2. The highest BCUT2D eigenvalue weighted by Crippen LogP contribution is 2.26. The summed E-state index contributed by atoms with van der Waals surface area (Å²) in [6.45, 7) is 4.11. The maximum absolute atomic E-state index is 8.68. The molecular weight excluding hydrogens is 290 g/mol. The summed E-state index contributed by atoms with van der Waals surface area (Å²) < 4.78 is 1.13. The zero-order valence-corrected chi connectivity index (χ0v) is 11.7. The van der Waals surface area contributed by atoms with Crippen molar-refractivity contribution in [1.82, 2.24) is 4.98 Å². The van der Waals surface area contributed by atoms with E-state index in [4.69, 9.17) is 5.26 Å². The lowest BCUT2D eigenvalue weighted by molar-refractivity contribution is 1.26. The molecule has 0 spiro atoms. The summed E-state index contributed by atoms with van der Waals surface area (Å²) in [4.78, 5) is 4.02.